The first-order valence-corrected chi connectivity index (χ1v) is 14.3. The first-order valence-electron chi connectivity index (χ1n) is 12.4. The Morgan fingerprint density at radius 2 is 1.73 bits per heavy atom. The molecule has 0 atom stereocenters. The standard InChI is InChI=1S/C27H35ClO8S/c1-4-7-15-34-24-18-20(19-25(27(29)30)33-6-3)12-13-23(24)35-16-14-21-10-9-11-22(28)26(21)36-37(31,32)17-8-5-2/h9-13,18-19H,4-8,14-17H2,1-3H3,(H,29,30). The number of aliphatic carboxylic acids is 1. The number of benzene rings is 2. The molecule has 2 aromatic rings. The summed E-state index contributed by atoms with van der Waals surface area (Å²) in [5, 5.41) is 9.54. The molecule has 2 rings (SSSR count). The normalized spacial score (nSPS) is 11.7. The molecule has 2 aromatic carbocycles. The van der Waals surface area contributed by atoms with Gasteiger partial charge in [0.2, 0.25) is 5.76 Å². The number of hydrogen-bond acceptors (Lipinski definition) is 7. The van der Waals surface area contributed by atoms with E-state index >= 15 is 0 Å². The third-order valence-corrected chi connectivity index (χ3v) is 6.67. The van der Waals surface area contributed by atoms with Crippen LogP contribution < -0.4 is 13.7 Å². The Morgan fingerprint density at radius 3 is 2.41 bits per heavy atom. The van der Waals surface area contributed by atoms with Crippen molar-refractivity contribution < 1.29 is 36.7 Å². The van der Waals surface area contributed by atoms with Crippen LogP contribution in [0.1, 0.15) is 57.6 Å². The molecule has 37 heavy (non-hydrogen) atoms. The number of carboxylic acid groups (broad SMARTS) is 1. The highest BCUT2D eigenvalue weighted by Gasteiger charge is 2.18. The van der Waals surface area contributed by atoms with E-state index in [2.05, 4.69) is 0 Å². The van der Waals surface area contributed by atoms with Crippen LogP contribution in [0.4, 0.5) is 0 Å². The molecule has 0 saturated carbocycles. The van der Waals surface area contributed by atoms with Crippen molar-refractivity contribution in [2.75, 3.05) is 25.6 Å². The van der Waals surface area contributed by atoms with Gasteiger partial charge in [-0.25, -0.2) is 4.79 Å². The zero-order valence-electron chi connectivity index (χ0n) is 21.5. The maximum absolute atomic E-state index is 12.3. The second-order valence-corrected chi connectivity index (χ2v) is 10.3. The van der Waals surface area contributed by atoms with E-state index in [0.717, 1.165) is 19.3 Å². The van der Waals surface area contributed by atoms with Gasteiger partial charge < -0.3 is 23.5 Å². The summed E-state index contributed by atoms with van der Waals surface area (Å²) in [5.74, 6) is -0.364. The molecular weight excluding hydrogens is 520 g/mol. The van der Waals surface area contributed by atoms with Gasteiger partial charge >= 0.3 is 16.1 Å². The lowest BCUT2D eigenvalue weighted by Gasteiger charge is -2.15. The molecule has 0 unspecified atom stereocenters. The van der Waals surface area contributed by atoms with E-state index in [1.54, 1.807) is 43.3 Å². The van der Waals surface area contributed by atoms with Gasteiger partial charge in [-0.1, -0.05) is 56.5 Å². The molecule has 1 N–H and O–H groups in total. The highest BCUT2D eigenvalue weighted by molar-refractivity contribution is 7.87. The van der Waals surface area contributed by atoms with Crippen molar-refractivity contribution in [3.8, 4) is 17.2 Å². The maximum Gasteiger partial charge on any atom is 0.371 e. The monoisotopic (exact) mass is 554 g/mol. The highest BCUT2D eigenvalue weighted by Crippen LogP contribution is 2.33. The average molecular weight is 555 g/mol. The molecule has 8 nitrogen and oxygen atoms in total. The predicted molar refractivity (Wildman–Crippen MR) is 144 cm³/mol. The fraction of sp³-hybridized carbons (Fsp3) is 0.444. The molecule has 0 aliphatic heterocycles. The molecule has 0 amide bonds. The van der Waals surface area contributed by atoms with Gasteiger partial charge in [-0.3, -0.25) is 0 Å². The predicted octanol–water partition coefficient (Wildman–Crippen LogP) is 6.11. The van der Waals surface area contributed by atoms with Crippen LogP contribution >= 0.6 is 11.6 Å². The van der Waals surface area contributed by atoms with Crippen molar-refractivity contribution in [1.82, 2.24) is 0 Å². The van der Waals surface area contributed by atoms with Crippen LogP contribution in [0.5, 0.6) is 17.2 Å². The Bertz CT molecular complexity index is 1160. The topological polar surface area (TPSA) is 108 Å². The summed E-state index contributed by atoms with van der Waals surface area (Å²) in [6, 6.07) is 10.1. The number of ether oxygens (including phenoxy) is 3. The lowest BCUT2D eigenvalue weighted by atomic mass is 10.1. The number of hydrogen-bond donors (Lipinski definition) is 1. The average Bonchev–Trinajstić information content (AvgIpc) is 2.85. The van der Waals surface area contributed by atoms with E-state index in [9.17, 15) is 18.3 Å². The molecule has 0 fully saturated rings. The van der Waals surface area contributed by atoms with Crippen molar-refractivity contribution in [3.05, 3.63) is 58.3 Å². The number of para-hydroxylation sites is 1. The molecule has 0 aromatic heterocycles. The van der Waals surface area contributed by atoms with Crippen LogP contribution in [-0.4, -0.2) is 45.1 Å². The second-order valence-electron chi connectivity index (χ2n) is 8.18. The maximum atomic E-state index is 12.3. The van der Waals surface area contributed by atoms with E-state index in [1.807, 2.05) is 13.8 Å². The van der Waals surface area contributed by atoms with Gasteiger partial charge in [-0.15, -0.1) is 0 Å². The zero-order chi connectivity index (χ0) is 27.3. The van der Waals surface area contributed by atoms with Gasteiger partial charge in [0.25, 0.3) is 0 Å². The van der Waals surface area contributed by atoms with Crippen molar-refractivity contribution in [2.45, 2.75) is 52.9 Å². The highest BCUT2D eigenvalue weighted by atomic mass is 35.5. The summed E-state index contributed by atoms with van der Waals surface area (Å²) in [7, 11) is -3.77. The summed E-state index contributed by atoms with van der Waals surface area (Å²) >= 11 is 6.26. The fourth-order valence-corrected chi connectivity index (χ4v) is 4.70. The molecule has 10 heteroatoms. The fourth-order valence-electron chi connectivity index (χ4n) is 3.25. The van der Waals surface area contributed by atoms with Gasteiger partial charge in [-0.2, -0.15) is 8.42 Å². The molecule has 204 valence electrons. The first-order chi connectivity index (χ1) is 17.7. The number of unbranched alkanes of at least 4 members (excludes halogenated alkanes) is 2. The van der Waals surface area contributed by atoms with Gasteiger partial charge in [0.05, 0.1) is 30.6 Å². The van der Waals surface area contributed by atoms with Crippen LogP contribution in [0.25, 0.3) is 6.08 Å². The third-order valence-electron chi connectivity index (χ3n) is 5.17. The summed E-state index contributed by atoms with van der Waals surface area (Å²) in [4.78, 5) is 11.4. The van der Waals surface area contributed by atoms with Crippen molar-refractivity contribution >= 4 is 33.8 Å². The van der Waals surface area contributed by atoms with Crippen LogP contribution in [0.2, 0.25) is 5.02 Å². The van der Waals surface area contributed by atoms with E-state index < -0.39 is 16.1 Å². The van der Waals surface area contributed by atoms with Crippen LogP contribution in [0, 0.1) is 0 Å². The molecule has 0 aliphatic rings. The molecule has 0 bridgehead atoms. The van der Waals surface area contributed by atoms with E-state index in [-0.39, 0.29) is 35.5 Å². The van der Waals surface area contributed by atoms with Crippen molar-refractivity contribution in [1.29, 1.82) is 0 Å². The Morgan fingerprint density at radius 1 is 1.00 bits per heavy atom. The minimum absolute atomic E-state index is 0.0865. The molecule has 0 aliphatic carbocycles. The summed E-state index contributed by atoms with van der Waals surface area (Å²) in [5.41, 5.74) is 1.19. The summed E-state index contributed by atoms with van der Waals surface area (Å²) in [6.45, 7) is 6.57. The minimum atomic E-state index is -3.77. The SMILES string of the molecule is CCCCOc1cc(C=C(OCC)C(=O)O)ccc1OCCc1cccc(Cl)c1OS(=O)(=O)CCCC. The van der Waals surface area contributed by atoms with E-state index in [4.69, 9.17) is 30.0 Å². The lowest BCUT2D eigenvalue weighted by molar-refractivity contribution is -0.136. The number of halogens is 1. The molecule has 0 heterocycles. The van der Waals surface area contributed by atoms with E-state index in [0.29, 0.717) is 42.1 Å². The Labute approximate surface area is 224 Å². The van der Waals surface area contributed by atoms with Crippen LogP contribution in [0.15, 0.2) is 42.2 Å². The van der Waals surface area contributed by atoms with Gasteiger partial charge in [0.1, 0.15) is 0 Å². The van der Waals surface area contributed by atoms with Crippen LogP contribution in [0.3, 0.4) is 0 Å². The Balaban J connectivity index is 2.21. The Hall–Kier alpha value is -2.91. The van der Waals surface area contributed by atoms with Crippen molar-refractivity contribution in [2.24, 2.45) is 0 Å². The largest absolute Gasteiger partial charge is 0.490 e. The molecule has 0 spiro atoms. The Kier molecular flexibility index (Phi) is 12.6. The lowest BCUT2D eigenvalue weighted by Crippen LogP contribution is -2.15. The number of carbonyl (C=O) groups is 1. The molecular formula is C27H35ClO8S. The smallest absolute Gasteiger partial charge is 0.371 e. The zero-order valence-corrected chi connectivity index (χ0v) is 23.1. The third kappa shape index (κ3) is 10.2. The summed E-state index contributed by atoms with van der Waals surface area (Å²) in [6.07, 6.45) is 4.78. The van der Waals surface area contributed by atoms with Gasteiger partial charge in [0.15, 0.2) is 17.2 Å². The first kappa shape index (κ1) is 30.3. The van der Waals surface area contributed by atoms with E-state index in [1.165, 1.54) is 6.08 Å². The molecule has 0 saturated heterocycles. The van der Waals surface area contributed by atoms with Gasteiger partial charge in [0, 0.05) is 12.0 Å². The number of rotatable bonds is 17. The van der Waals surface area contributed by atoms with Crippen LogP contribution in [-0.2, 0) is 26.1 Å². The van der Waals surface area contributed by atoms with Crippen molar-refractivity contribution in [3.63, 3.8) is 0 Å². The minimum Gasteiger partial charge on any atom is -0.490 e. The quantitative estimate of drug-likeness (QED) is 0.108. The van der Waals surface area contributed by atoms with Gasteiger partial charge in [-0.05, 0) is 49.6 Å². The second kappa shape index (κ2) is 15.4. The summed E-state index contributed by atoms with van der Waals surface area (Å²) < 4.78 is 47.1. The molecule has 0 radical (unpaired) electrons. The number of carboxylic acids is 1.